The van der Waals surface area contributed by atoms with Crippen LogP contribution in [0.15, 0.2) is 11.6 Å². The summed E-state index contributed by atoms with van der Waals surface area (Å²) in [5.74, 6) is 0. The molecule has 0 atom stereocenters. The number of unbranched alkanes of at least 4 members (excludes halogenated alkanes) is 6. The van der Waals surface area contributed by atoms with Crippen LogP contribution in [-0.2, 0) is 4.74 Å². The van der Waals surface area contributed by atoms with Crippen LogP contribution in [-0.4, -0.2) is 13.2 Å². The van der Waals surface area contributed by atoms with Gasteiger partial charge in [-0.1, -0.05) is 57.1 Å². The average Bonchev–Trinajstić information content (AvgIpc) is 2.28. The highest BCUT2D eigenvalue weighted by Crippen LogP contribution is 2.11. The van der Waals surface area contributed by atoms with Crippen molar-refractivity contribution in [3.63, 3.8) is 0 Å². The minimum absolute atomic E-state index is 0.791. The van der Waals surface area contributed by atoms with Crippen molar-refractivity contribution in [2.45, 2.75) is 72.1 Å². The van der Waals surface area contributed by atoms with Crippen LogP contribution in [0.3, 0.4) is 0 Å². The maximum Gasteiger partial charge on any atom is 0.0649 e. The van der Waals surface area contributed by atoms with Crippen molar-refractivity contribution in [3.8, 4) is 0 Å². The molecule has 0 saturated heterocycles. The molecule has 0 amide bonds. The van der Waals surface area contributed by atoms with Gasteiger partial charge in [-0.3, -0.25) is 0 Å². The smallest absolute Gasteiger partial charge is 0.0649 e. The molecule has 96 valence electrons. The Bertz CT molecular complexity index is 161. The van der Waals surface area contributed by atoms with Gasteiger partial charge in [-0.25, -0.2) is 0 Å². The molecule has 1 heteroatoms. The van der Waals surface area contributed by atoms with Gasteiger partial charge in [-0.15, -0.1) is 0 Å². The summed E-state index contributed by atoms with van der Waals surface area (Å²) >= 11 is 0. The Morgan fingerprint density at radius 1 is 0.938 bits per heavy atom. The number of hydrogen-bond acceptors (Lipinski definition) is 1. The Hall–Kier alpha value is -0.300. The second-order valence-corrected chi connectivity index (χ2v) is 4.58. The average molecular weight is 226 g/mol. The molecule has 0 N–H and O–H groups in total. The third kappa shape index (κ3) is 11.8. The van der Waals surface area contributed by atoms with Gasteiger partial charge in [0.2, 0.25) is 0 Å². The van der Waals surface area contributed by atoms with Crippen molar-refractivity contribution in [1.82, 2.24) is 0 Å². The highest BCUT2D eigenvalue weighted by molar-refractivity contribution is 4.97. The third-order valence-corrected chi connectivity index (χ3v) is 2.93. The van der Waals surface area contributed by atoms with Crippen molar-refractivity contribution in [1.29, 1.82) is 0 Å². The van der Waals surface area contributed by atoms with E-state index in [0.29, 0.717) is 0 Å². The Balaban J connectivity index is 3.20. The Labute approximate surface area is 102 Å². The van der Waals surface area contributed by atoms with E-state index in [9.17, 15) is 0 Å². The molecular weight excluding hydrogens is 196 g/mol. The monoisotopic (exact) mass is 226 g/mol. The molecule has 0 aliphatic carbocycles. The summed E-state index contributed by atoms with van der Waals surface area (Å²) in [7, 11) is 0. The number of hydrogen-bond donors (Lipinski definition) is 0. The van der Waals surface area contributed by atoms with Gasteiger partial charge in [0, 0.05) is 6.61 Å². The van der Waals surface area contributed by atoms with Gasteiger partial charge in [0.25, 0.3) is 0 Å². The minimum Gasteiger partial charge on any atom is -0.378 e. The molecular formula is C15H30O. The fourth-order valence-corrected chi connectivity index (χ4v) is 1.78. The first-order valence-electron chi connectivity index (χ1n) is 7.04. The second-order valence-electron chi connectivity index (χ2n) is 4.58. The molecule has 0 unspecified atom stereocenters. The van der Waals surface area contributed by atoms with Gasteiger partial charge < -0.3 is 4.74 Å². The number of allylic oxidation sites excluding steroid dienone is 1. The van der Waals surface area contributed by atoms with E-state index >= 15 is 0 Å². The van der Waals surface area contributed by atoms with Gasteiger partial charge in [0.1, 0.15) is 0 Å². The first-order chi connectivity index (χ1) is 7.81. The SMILES string of the molecule is CCCCCCCCC/C(C)=C/COCC. The predicted molar refractivity (Wildman–Crippen MR) is 72.9 cm³/mol. The molecule has 0 aromatic rings. The van der Waals surface area contributed by atoms with Crippen LogP contribution in [0.25, 0.3) is 0 Å². The fourth-order valence-electron chi connectivity index (χ4n) is 1.78. The molecule has 0 bridgehead atoms. The number of ether oxygens (including phenoxy) is 1. The summed E-state index contributed by atoms with van der Waals surface area (Å²) in [4.78, 5) is 0. The molecule has 0 fully saturated rings. The van der Waals surface area contributed by atoms with E-state index in [0.717, 1.165) is 13.2 Å². The lowest BCUT2D eigenvalue weighted by Gasteiger charge is -2.03. The van der Waals surface area contributed by atoms with E-state index in [1.54, 1.807) is 0 Å². The van der Waals surface area contributed by atoms with Crippen LogP contribution in [0, 0.1) is 0 Å². The zero-order valence-electron chi connectivity index (χ0n) is 11.6. The summed E-state index contributed by atoms with van der Waals surface area (Å²) in [6.07, 6.45) is 13.2. The van der Waals surface area contributed by atoms with E-state index in [4.69, 9.17) is 4.74 Å². The van der Waals surface area contributed by atoms with Crippen molar-refractivity contribution < 1.29 is 4.74 Å². The van der Waals surface area contributed by atoms with E-state index in [1.165, 1.54) is 56.9 Å². The third-order valence-electron chi connectivity index (χ3n) is 2.93. The van der Waals surface area contributed by atoms with Crippen LogP contribution in [0.2, 0.25) is 0 Å². The first-order valence-corrected chi connectivity index (χ1v) is 7.04. The van der Waals surface area contributed by atoms with E-state index in [1.807, 2.05) is 6.92 Å². The zero-order valence-corrected chi connectivity index (χ0v) is 11.6. The van der Waals surface area contributed by atoms with Crippen LogP contribution in [0.4, 0.5) is 0 Å². The second kappa shape index (κ2) is 12.8. The first kappa shape index (κ1) is 15.7. The van der Waals surface area contributed by atoms with Gasteiger partial charge in [-0.2, -0.15) is 0 Å². The molecule has 0 rings (SSSR count). The fraction of sp³-hybridized carbons (Fsp3) is 0.867. The normalized spacial score (nSPS) is 12.1. The summed E-state index contributed by atoms with van der Waals surface area (Å²) < 4.78 is 5.30. The molecule has 1 nitrogen and oxygen atoms in total. The highest BCUT2D eigenvalue weighted by Gasteiger charge is 1.93. The van der Waals surface area contributed by atoms with Crippen molar-refractivity contribution in [2.24, 2.45) is 0 Å². The Morgan fingerprint density at radius 3 is 2.19 bits per heavy atom. The Morgan fingerprint density at radius 2 is 1.56 bits per heavy atom. The molecule has 0 heterocycles. The molecule has 0 aromatic carbocycles. The lowest BCUT2D eigenvalue weighted by Crippen LogP contribution is -1.90. The van der Waals surface area contributed by atoms with Crippen LogP contribution < -0.4 is 0 Å². The molecule has 0 aromatic heterocycles. The van der Waals surface area contributed by atoms with Crippen molar-refractivity contribution >= 4 is 0 Å². The molecule has 0 aliphatic rings. The van der Waals surface area contributed by atoms with Gasteiger partial charge in [-0.05, 0) is 26.7 Å². The molecule has 16 heavy (non-hydrogen) atoms. The standard InChI is InChI=1S/C15H30O/c1-4-6-7-8-9-10-11-12-15(3)13-14-16-5-2/h13H,4-12,14H2,1-3H3/b15-13+. The van der Waals surface area contributed by atoms with Gasteiger partial charge in [0.15, 0.2) is 0 Å². The highest BCUT2D eigenvalue weighted by atomic mass is 16.5. The summed E-state index contributed by atoms with van der Waals surface area (Å²) in [6.45, 7) is 8.14. The molecule has 0 spiro atoms. The minimum atomic E-state index is 0.791. The van der Waals surface area contributed by atoms with Crippen molar-refractivity contribution in [2.75, 3.05) is 13.2 Å². The maximum absolute atomic E-state index is 5.30. The largest absolute Gasteiger partial charge is 0.378 e. The molecule has 0 aliphatic heterocycles. The van der Waals surface area contributed by atoms with E-state index < -0.39 is 0 Å². The lowest BCUT2D eigenvalue weighted by molar-refractivity contribution is 0.177. The van der Waals surface area contributed by atoms with Gasteiger partial charge in [0.05, 0.1) is 6.61 Å². The maximum atomic E-state index is 5.30. The summed E-state index contributed by atoms with van der Waals surface area (Å²) in [5.41, 5.74) is 1.49. The van der Waals surface area contributed by atoms with Crippen LogP contribution >= 0.6 is 0 Å². The molecule has 0 radical (unpaired) electrons. The summed E-state index contributed by atoms with van der Waals surface area (Å²) in [6, 6.07) is 0. The molecule has 0 saturated carbocycles. The van der Waals surface area contributed by atoms with Crippen LogP contribution in [0.5, 0.6) is 0 Å². The van der Waals surface area contributed by atoms with E-state index in [-0.39, 0.29) is 0 Å². The quantitative estimate of drug-likeness (QED) is 0.351. The zero-order chi connectivity index (χ0) is 12.1. The summed E-state index contributed by atoms with van der Waals surface area (Å²) in [5, 5.41) is 0. The number of rotatable bonds is 11. The van der Waals surface area contributed by atoms with Crippen molar-refractivity contribution in [3.05, 3.63) is 11.6 Å². The lowest BCUT2D eigenvalue weighted by atomic mass is 10.1. The topological polar surface area (TPSA) is 9.23 Å². The van der Waals surface area contributed by atoms with E-state index in [2.05, 4.69) is 19.9 Å². The predicted octanol–water partition coefficient (Wildman–Crippen LogP) is 5.11. The van der Waals surface area contributed by atoms with Crippen LogP contribution in [0.1, 0.15) is 72.1 Å². The van der Waals surface area contributed by atoms with Gasteiger partial charge >= 0.3 is 0 Å². The Kier molecular flexibility index (Phi) is 12.5.